The fourth-order valence-electron chi connectivity index (χ4n) is 1.23. The van der Waals surface area contributed by atoms with Gasteiger partial charge in [0.05, 0.1) is 13.2 Å². The maximum absolute atomic E-state index is 12.2. The van der Waals surface area contributed by atoms with Crippen molar-refractivity contribution in [1.29, 1.82) is 0 Å². The molecular formula is C10H21O3P. The van der Waals surface area contributed by atoms with Crippen LogP contribution in [0.15, 0.2) is 11.4 Å². The lowest BCUT2D eigenvalue weighted by atomic mass is 10.3. The van der Waals surface area contributed by atoms with Gasteiger partial charge in [-0.15, -0.1) is 0 Å². The summed E-state index contributed by atoms with van der Waals surface area (Å²) in [6, 6.07) is 0. The number of rotatable bonds is 7. The summed E-state index contributed by atoms with van der Waals surface area (Å²) in [5.74, 6) is 0. The fraction of sp³-hybridized carbons (Fsp3) is 0.800. The van der Waals surface area contributed by atoms with Gasteiger partial charge in [-0.05, 0) is 26.7 Å². The molecule has 0 aromatic rings. The summed E-state index contributed by atoms with van der Waals surface area (Å²) in [6.45, 7) is 8.45. The van der Waals surface area contributed by atoms with E-state index in [0.29, 0.717) is 19.6 Å². The zero-order valence-electron chi connectivity index (χ0n) is 9.58. The second-order valence-corrected chi connectivity index (χ2v) is 4.88. The molecule has 0 aliphatic carbocycles. The summed E-state index contributed by atoms with van der Waals surface area (Å²) < 4.78 is 22.7. The van der Waals surface area contributed by atoms with E-state index >= 15 is 0 Å². The molecule has 0 saturated heterocycles. The molecule has 0 radical (unpaired) electrons. The van der Waals surface area contributed by atoms with Gasteiger partial charge in [-0.3, -0.25) is 4.57 Å². The van der Waals surface area contributed by atoms with Crippen LogP contribution in [0.25, 0.3) is 0 Å². The van der Waals surface area contributed by atoms with Crippen LogP contribution in [0, 0.1) is 0 Å². The van der Waals surface area contributed by atoms with Gasteiger partial charge in [-0.2, -0.15) is 0 Å². The molecule has 0 atom stereocenters. The quantitative estimate of drug-likeness (QED) is 0.609. The molecule has 4 heteroatoms. The van der Waals surface area contributed by atoms with Crippen LogP contribution in [0.4, 0.5) is 0 Å². The molecule has 0 bridgehead atoms. The molecule has 0 amide bonds. The Labute approximate surface area is 87.0 Å². The van der Waals surface area contributed by atoms with Crippen molar-refractivity contribution in [3.05, 3.63) is 11.4 Å². The van der Waals surface area contributed by atoms with Crippen LogP contribution >= 0.6 is 7.60 Å². The predicted octanol–water partition coefficient (Wildman–Crippen LogP) is 3.96. The molecule has 0 aliphatic heterocycles. The van der Waals surface area contributed by atoms with Crippen molar-refractivity contribution >= 4 is 7.60 Å². The van der Waals surface area contributed by atoms with Gasteiger partial charge < -0.3 is 9.05 Å². The monoisotopic (exact) mass is 220 g/mol. The third-order valence-corrected chi connectivity index (χ3v) is 4.15. The van der Waals surface area contributed by atoms with E-state index < -0.39 is 7.60 Å². The summed E-state index contributed by atoms with van der Waals surface area (Å²) in [6.07, 6.45) is 3.50. The van der Waals surface area contributed by atoms with E-state index in [1.165, 1.54) is 0 Å². The minimum atomic E-state index is -2.98. The molecule has 0 aromatic carbocycles. The van der Waals surface area contributed by atoms with E-state index in [-0.39, 0.29) is 0 Å². The van der Waals surface area contributed by atoms with Crippen LogP contribution in [0.3, 0.4) is 0 Å². The van der Waals surface area contributed by atoms with Gasteiger partial charge in [0.1, 0.15) is 0 Å². The van der Waals surface area contributed by atoms with Gasteiger partial charge in [0.25, 0.3) is 0 Å². The molecule has 14 heavy (non-hydrogen) atoms. The SMILES string of the molecule is CCC=C(CC)P(=O)(OCC)OCC. The first kappa shape index (κ1) is 13.9. The Morgan fingerprint density at radius 2 is 1.64 bits per heavy atom. The first-order chi connectivity index (χ1) is 6.64. The average Bonchev–Trinajstić information content (AvgIpc) is 2.14. The zero-order valence-corrected chi connectivity index (χ0v) is 10.5. The topological polar surface area (TPSA) is 35.5 Å². The van der Waals surface area contributed by atoms with Crippen LogP contribution in [-0.2, 0) is 13.6 Å². The van der Waals surface area contributed by atoms with Gasteiger partial charge in [0.15, 0.2) is 0 Å². The highest BCUT2D eigenvalue weighted by Gasteiger charge is 2.27. The van der Waals surface area contributed by atoms with Crippen molar-refractivity contribution in [2.45, 2.75) is 40.5 Å². The van der Waals surface area contributed by atoms with E-state index in [2.05, 4.69) is 0 Å². The van der Waals surface area contributed by atoms with Gasteiger partial charge >= 0.3 is 7.60 Å². The van der Waals surface area contributed by atoms with E-state index in [4.69, 9.17) is 9.05 Å². The smallest absolute Gasteiger partial charge is 0.306 e. The highest BCUT2D eigenvalue weighted by atomic mass is 31.2. The maximum Gasteiger partial charge on any atom is 0.356 e. The van der Waals surface area contributed by atoms with Crippen molar-refractivity contribution in [3.8, 4) is 0 Å². The summed E-state index contributed by atoms with van der Waals surface area (Å²) >= 11 is 0. The average molecular weight is 220 g/mol. The predicted molar refractivity (Wildman–Crippen MR) is 59.5 cm³/mol. The van der Waals surface area contributed by atoms with E-state index in [0.717, 1.165) is 11.7 Å². The molecular weight excluding hydrogens is 199 g/mol. The maximum atomic E-state index is 12.2. The fourth-order valence-corrected chi connectivity index (χ4v) is 3.11. The lowest BCUT2D eigenvalue weighted by Gasteiger charge is -2.19. The van der Waals surface area contributed by atoms with Crippen LogP contribution in [0.2, 0.25) is 0 Å². The highest BCUT2D eigenvalue weighted by Crippen LogP contribution is 2.57. The number of hydrogen-bond donors (Lipinski definition) is 0. The Balaban J connectivity index is 4.76. The third-order valence-electron chi connectivity index (χ3n) is 1.75. The van der Waals surface area contributed by atoms with Gasteiger partial charge in [-0.25, -0.2) is 0 Å². The van der Waals surface area contributed by atoms with Crippen molar-refractivity contribution < 1.29 is 13.6 Å². The molecule has 0 N–H and O–H groups in total. The van der Waals surface area contributed by atoms with Crippen molar-refractivity contribution in [2.75, 3.05) is 13.2 Å². The van der Waals surface area contributed by atoms with E-state index in [9.17, 15) is 4.57 Å². The molecule has 0 rings (SSSR count). The Kier molecular flexibility index (Phi) is 7.16. The van der Waals surface area contributed by atoms with Crippen molar-refractivity contribution in [3.63, 3.8) is 0 Å². The molecule has 0 saturated carbocycles. The van der Waals surface area contributed by atoms with Crippen molar-refractivity contribution in [2.24, 2.45) is 0 Å². The van der Waals surface area contributed by atoms with Crippen LogP contribution in [0.5, 0.6) is 0 Å². The molecule has 0 fully saturated rings. The summed E-state index contributed by atoms with van der Waals surface area (Å²) in [5, 5.41) is 0.795. The summed E-state index contributed by atoms with van der Waals surface area (Å²) in [4.78, 5) is 0. The molecule has 0 aliphatic rings. The molecule has 0 spiro atoms. The Morgan fingerprint density at radius 3 is 1.93 bits per heavy atom. The zero-order chi connectivity index (χ0) is 11.0. The first-order valence-corrected chi connectivity index (χ1v) is 6.77. The largest absolute Gasteiger partial charge is 0.356 e. The normalized spacial score (nSPS) is 13.3. The Hall–Kier alpha value is -0.110. The van der Waals surface area contributed by atoms with Crippen LogP contribution < -0.4 is 0 Å². The van der Waals surface area contributed by atoms with Gasteiger partial charge in [0.2, 0.25) is 0 Å². The second kappa shape index (κ2) is 7.22. The Bertz CT molecular complexity index is 213. The van der Waals surface area contributed by atoms with Gasteiger partial charge in [-0.1, -0.05) is 19.9 Å². The molecule has 0 heterocycles. The minimum Gasteiger partial charge on any atom is -0.306 e. The molecule has 3 nitrogen and oxygen atoms in total. The van der Waals surface area contributed by atoms with Crippen LogP contribution in [0.1, 0.15) is 40.5 Å². The summed E-state index contributed by atoms with van der Waals surface area (Å²) in [5.41, 5.74) is 0. The minimum absolute atomic E-state index is 0.415. The Morgan fingerprint density at radius 1 is 1.14 bits per heavy atom. The lowest BCUT2D eigenvalue weighted by molar-refractivity contribution is 0.225. The van der Waals surface area contributed by atoms with Crippen molar-refractivity contribution in [1.82, 2.24) is 0 Å². The number of allylic oxidation sites excluding steroid dienone is 2. The van der Waals surface area contributed by atoms with E-state index in [1.807, 2.05) is 33.8 Å². The van der Waals surface area contributed by atoms with E-state index in [1.54, 1.807) is 0 Å². The number of hydrogen-bond acceptors (Lipinski definition) is 3. The standard InChI is InChI=1S/C10H21O3P/c1-5-9-10(6-2)14(11,12-7-3)13-8-4/h9H,5-8H2,1-4H3. The molecule has 84 valence electrons. The molecule has 0 aromatic heterocycles. The second-order valence-electron chi connectivity index (χ2n) is 2.79. The molecule has 0 unspecified atom stereocenters. The first-order valence-electron chi connectivity index (χ1n) is 5.23. The third kappa shape index (κ3) is 3.95. The van der Waals surface area contributed by atoms with Crippen LogP contribution in [-0.4, -0.2) is 13.2 Å². The lowest BCUT2D eigenvalue weighted by Crippen LogP contribution is -1.98. The van der Waals surface area contributed by atoms with Gasteiger partial charge in [0, 0.05) is 5.31 Å². The summed E-state index contributed by atoms with van der Waals surface area (Å²) in [7, 11) is -2.98. The highest BCUT2D eigenvalue weighted by molar-refractivity contribution is 7.58.